The first-order chi connectivity index (χ1) is 11.0. The van der Waals surface area contributed by atoms with Crippen molar-refractivity contribution in [1.82, 2.24) is 5.16 Å². The number of esters is 1. The van der Waals surface area contributed by atoms with Crippen molar-refractivity contribution in [2.45, 2.75) is 20.8 Å². The average Bonchev–Trinajstić information content (AvgIpc) is 2.95. The number of rotatable bonds is 5. The van der Waals surface area contributed by atoms with E-state index in [9.17, 15) is 9.59 Å². The molecular formula is C16H16N2O5. The second kappa shape index (κ2) is 7.35. The van der Waals surface area contributed by atoms with Crippen molar-refractivity contribution in [3.8, 4) is 0 Å². The number of carbonyl (C=O) groups excluding carboxylic acids is 2. The summed E-state index contributed by atoms with van der Waals surface area (Å²) < 4.78 is 10.0. The number of nitrogens with zero attached hydrogens (tertiary/aromatic N) is 2. The van der Waals surface area contributed by atoms with Gasteiger partial charge in [-0.25, -0.2) is 9.59 Å². The van der Waals surface area contributed by atoms with Crippen molar-refractivity contribution >= 4 is 17.7 Å². The molecule has 0 unspecified atom stereocenters. The molecule has 1 aromatic carbocycles. The average molecular weight is 316 g/mol. The van der Waals surface area contributed by atoms with Gasteiger partial charge in [-0.2, -0.15) is 0 Å². The first kappa shape index (κ1) is 16.4. The Morgan fingerprint density at radius 1 is 1.22 bits per heavy atom. The van der Waals surface area contributed by atoms with Gasteiger partial charge in [-0.15, -0.1) is 0 Å². The van der Waals surface area contributed by atoms with E-state index < -0.39 is 11.9 Å². The molecule has 0 amide bonds. The van der Waals surface area contributed by atoms with Crippen LogP contribution in [-0.4, -0.2) is 29.4 Å². The number of carbonyl (C=O) groups is 2. The molecule has 120 valence electrons. The molecule has 0 N–H and O–H groups in total. The van der Waals surface area contributed by atoms with Gasteiger partial charge in [0.25, 0.3) is 0 Å². The molecule has 1 heterocycles. The lowest BCUT2D eigenvalue weighted by Gasteiger charge is -2.02. The highest BCUT2D eigenvalue weighted by Crippen LogP contribution is 2.16. The van der Waals surface area contributed by atoms with E-state index in [2.05, 4.69) is 10.3 Å². The van der Waals surface area contributed by atoms with Gasteiger partial charge in [0.1, 0.15) is 11.3 Å². The van der Waals surface area contributed by atoms with Crippen LogP contribution in [-0.2, 0) is 9.57 Å². The van der Waals surface area contributed by atoms with Gasteiger partial charge >= 0.3 is 11.9 Å². The van der Waals surface area contributed by atoms with E-state index in [1.54, 1.807) is 51.1 Å². The zero-order chi connectivity index (χ0) is 16.8. The Morgan fingerprint density at radius 3 is 2.57 bits per heavy atom. The minimum Gasteiger partial charge on any atom is -0.462 e. The molecule has 23 heavy (non-hydrogen) atoms. The molecule has 0 spiro atoms. The number of hydrogen-bond donors (Lipinski definition) is 0. The van der Waals surface area contributed by atoms with Crippen molar-refractivity contribution in [3.63, 3.8) is 0 Å². The van der Waals surface area contributed by atoms with Crippen LogP contribution in [0.5, 0.6) is 0 Å². The fourth-order valence-electron chi connectivity index (χ4n) is 1.84. The third-order valence-electron chi connectivity index (χ3n) is 2.95. The molecule has 0 aliphatic carbocycles. The predicted octanol–water partition coefficient (Wildman–Crippen LogP) is 2.74. The van der Waals surface area contributed by atoms with Crippen LogP contribution in [0.2, 0.25) is 0 Å². The van der Waals surface area contributed by atoms with Crippen molar-refractivity contribution in [2.24, 2.45) is 5.16 Å². The summed E-state index contributed by atoms with van der Waals surface area (Å²) in [6, 6.07) is 8.43. The SMILES string of the molecule is CCOC(=O)c1c(C)noc1/C(C)=N\OC(=O)c1ccccc1. The van der Waals surface area contributed by atoms with Crippen LogP contribution < -0.4 is 0 Å². The maximum atomic E-state index is 11.9. The Balaban J connectivity index is 2.19. The molecule has 1 aromatic heterocycles. The summed E-state index contributed by atoms with van der Waals surface area (Å²) >= 11 is 0. The quantitative estimate of drug-likeness (QED) is 0.364. The van der Waals surface area contributed by atoms with Crippen molar-refractivity contribution in [2.75, 3.05) is 6.61 Å². The third-order valence-corrected chi connectivity index (χ3v) is 2.95. The fourth-order valence-corrected chi connectivity index (χ4v) is 1.84. The molecule has 0 aliphatic heterocycles. The maximum absolute atomic E-state index is 11.9. The first-order valence-electron chi connectivity index (χ1n) is 6.99. The fraction of sp³-hybridized carbons (Fsp3) is 0.250. The molecule has 0 radical (unpaired) electrons. The zero-order valence-corrected chi connectivity index (χ0v) is 13.0. The van der Waals surface area contributed by atoms with Crippen LogP contribution in [0.1, 0.15) is 46.0 Å². The molecule has 2 aromatic rings. The van der Waals surface area contributed by atoms with Gasteiger partial charge in [0.15, 0.2) is 5.76 Å². The second-order valence-electron chi connectivity index (χ2n) is 4.61. The van der Waals surface area contributed by atoms with E-state index >= 15 is 0 Å². The largest absolute Gasteiger partial charge is 0.462 e. The summed E-state index contributed by atoms with van der Waals surface area (Å²) in [7, 11) is 0. The van der Waals surface area contributed by atoms with Gasteiger partial charge in [0, 0.05) is 0 Å². The van der Waals surface area contributed by atoms with E-state index in [0.29, 0.717) is 11.3 Å². The maximum Gasteiger partial charge on any atom is 0.365 e. The van der Waals surface area contributed by atoms with E-state index in [0.717, 1.165) is 0 Å². The van der Waals surface area contributed by atoms with Gasteiger partial charge in [0.2, 0.25) is 0 Å². The third kappa shape index (κ3) is 3.82. The molecule has 7 nitrogen and oxygen atoms in total. The minimum atomic E-state index is -0.612. The Hall–Kier alpha value is -2.96. The predicted molar refractivity (Wildman–Crippen MR) is 81.3 cm³/mol. The van der Waals surface area contributed by atoms with Gasteiger partial charge in [-0.1, -0.05) is 28.5 Å². The summed E-state index contributed by atoms with van der Waals surface area (Å²) in [6.45, 7) is 5.08. The highest BCUT2D eigenvalue weighted by molar-refractivity contribution is 6.06. The van der Waals surface area contributed by atoms with Crippen LogP contribution in [0.15, 0.2) is 40.0 Å². The zero-order valence-electron chi connectivity index (χ0n) is 13.0. The summed E-state index contributed by atoms with van der Waals surface area (Å²) in [5, 5.41) is 7.44. The summed E-state index contributed by atoms with van der Waals surface area (Å²) in [5.74, 6) is -1.06. The number of aryl methyl sites for hydroxylation is 1. The Bertz CT molecular complexity index is 734. The Kier molecular flexibility index (Phi) is 5.24. The van der Waals surface area contributed by atoms with Crippen molar-refractivity contribution in [3.05, 3.63) is 52.9 Å². The van der Waals surface area contributed by atoms with Crippen molar-refractivity contribution in [1.29, 1.82) is 0 Å². The summed E-state index contributed by atoms with van der Waals surface area (Å²) in [4.78, 5) is 28.6. The Morgan fingerprint density at radius 2 is 1.91 bits per heavy atom. The van der Waals surface area contributed by atoms with Crippen LogP contribution >= 0.6 is 0 Å². The molecule has 0 fully saturated rings. The number of benzene rings is 1. The van der Waals surface area contributed by atoms with E-state index in [1.165, 1.54) is 0 Å². The number of aromatic nitrogens is 1. The van der Waals surface area contributed by atoms with Gasteiger partial charge in [0.05, 0.1) is 17.9 Å². The van der Waals surface area contributed by atoms with E-state index in [-0.39, 0.29) is 23.6 Å². The second-order valence-corrected chi connectivity index (χ2v) is 4.61. The molecular weight excluding hydrogens is 300 g/mol. The molecule has 0 bridgehead atoms. The van der Waals surface area contributed by atoms with Crippen LogP contribution in [0.25, 0.3) is 0 Å². The van der Waals surface area contributed by atoms with E-state index in [1.807, 2.05) is 0 Å². The molecule has 0 aliphatic rings. The topological polar surface area (TPSA) is 91.0 Å². The van der Waals surface area contributed by atoms with Crippen LogP contribution in [0, 0.1) is 6.92 Å². The summed E-state index contributed by atoms with van der Waals surface area (Å²) in [6.07, 6.45) is 0. The summed E-state index contributed by atoms with van der Waals surface area (Å²) in [5.41, 5.74) is 1.12. The highest BCUT2D eigenvalue weighted by atomic mass is 16.7. The van der Waals surface area contributed by atoms with E-state index in [4.69, 9.17) is 14.1 Å². The smallest absolute Gasteiger partial charge is 0.365 e. The normalized spacial score (nSPS) is 11.2. The van der Waals surface area contributed by atoms with Gasteiger partial charge in [-0.3, -0.25) is 0 Å². The lowest BCUT2D eigenvalue weighted by atomic mass is 10.1. The van der Waals surface area contributed by atoms with Gasteiger partial charge in [-0.05, 0) is 32.9 Å². The van der Waals surface area contributed by atoms with Crippen molar-refractivity contribution < 1.29 is 23.7 Å². The van der Waals surface area contributed by atoms with Crippen LogP contribution in [0.4, 0.5) is 0 Å². The van der Waals surface area contributed by atoms with Crippen LogP contribution in [0.3, 0.4) is 0 Å². The highest BCUT2D eigenvalue weighted by Gasteiger charge is 2.24. The number of ether oxygens (including phenoxy) is 1. The minimum absolute atomic E-state index is 0.113. The molecule has 2 rings (SSSR count). The van der Waals surface area contributed by atoms with Gasteiger partial charge < -0.3 is 14.1 Å². The monoisotopic (exact) mass is 316 g/mol. The Labute approximate surface area is 132 Å². The number of hydrogen-bond acceptors (Lipinski definition) is 7. The lowest BCUT2D eigenvalue weighted by Crippen LogP contribution is -2.11. The number of oxime groups is 1. The first-order valence-corrected chi connectivity index (χ1v) is 6.99. The molecule has 0 saturated carbocycles. The molecule has 7 heteroatoms. The molecule has 0 saturated heterocycles. The standard InChI is InChI=1S/C16H16N2O5/c1-4-21-16(20)13-10(2)17-22-14(13)11(3)18-23-15(19)12-8-6-5-7-9-12/h5-9H,4H2,1-3H3/b18-11-. The lowest BCUT2D eigenvalue weighted by molar-refractivity contribution is 0.0514. The molecule has 0 atom stereocenters.